The Morgan fingerprint density at radius 3 is 2.52 bits per heavy atom. The van der Waals surface area contributed by atoms with E-state index >= 15 is 0 Å². The maximum atomic E-state index is 12.7. The molecule has 4 aromatic rings. The minimum atomic E-state index is -0.223. The van der Waals surface area contributed by atoms with Crippen molar-refractivity contribution < 1.29 is 14.3 Å². The van der Waals surface area contributed by atoms with Crippen molar-refractivity contribution in [1.29, 1.82) is 0 Å². The van der Waals surface area contributed by atoms with E-state index in [4.69, 9.17) is 32.7 Å². The third-order valence-electron chi connectivity index (χ3n) is 4.67. The molecule has 0 N–H and O–H groups in total. The summed E-state index contributed by atoms with van der Waals surface area (Å²) >= 11 is 12.1. The Kier molecular flexibility index (Phi) is 6.26. The van der Waals surface area contributed by atoms with Crippen LogP contribution in [0.15, 0.2) is 79.0 Å². The van der Waals surface area contributed by atoms with Gasteiger partial charge in [0, 0.05) is 32.9 Å². The number of carbonyl (C=O) groups excluding carboxylic acids is 1. The molecule has 1 aromatic heterocycles. The highest BCUT2D eigenvalue weighted by atomic mass is 35.5. The van der Waals surface area contributed by atoms with Crippen LogP contribution in [0, 0.1) is 0 Å². The van der Waals surface area contributed by atoms with Crippen LogP contribution in [-0.4, -0.2) is 22.8 Å². The van der Waals surface area contributed by atoms with Gasteiger partial charge in [0.1, 0.15) is 18.1 Å². The molecule has 0 aliphatic rings. The van der Waals surface area contributed by atoms with Gasteiger partial charge in [0.25, 0.3) is 5.91 Å². The van der Waals surface area contributed by atoms with E-state index in [0.29, 0.717) is 39.4 Å². The van der Waals surface area contributed by atoms with Gasteiger partial charge >= 0.3 is 0 Å². The van der Waals surface area contributed by atoms with E-state index in [9.17, 15) is 4.79 Å². The fraction of sp³-hybridized carbons (Fsp3) is 0.0833. The van der Waals surface area contributed by atoms with Crippen LogP contribution in [0.5, 0.6) is 11.5 Å². The summed E-state index contributed by atoms with van der Waals surface area (Å²) in [5, 5.41) is 5.56. The average Bonchev–Trinajstić information content (AvgIpc) is 3.29. The van der Waals surface area contributed by atoms with Gasteiger partial charge in [-0.25, -0.2) is 4.68 Å². The van der Waals surface area contributed by atoms with Crippen molar-refractivity contribution in [2.45, 2.75) is 6.61 Å². The predicted octanol–water partition coefficient (Wildman–Crippen LogP) is 6.13. The van der Waals surface area contributed by atoms with E-state index in [2.05, 4.69) is 5.10 Å². The van der Waals surface area contributed by atoms with Crippen LogP contribution < -0.4 is 9.47 Å². The summed E-state index contributed by atoms with van der Waals surface area (Å²) in [6.45, 7) is 0.309. The van der Waals surface area contributed by atoms with Crippen molar-refractivity contribution in [3.8, 4) is 22.8 Å². The lowest BCUT2D eigenvalue weighted by atomic mass is 10.1. The number of hydrogen-bond acceptors (Lipinski definition) is 4. The van der Waals surface area contributed by atoms with E-state index in [0.717, 1.165) is 11.1 Å². The molecule has 0 fully saturated rings. The first-order chi connectivity index (χ1) is 15.0. The van der Waals surface area contributed by atoms with Gasteiger partial charge in [-0.2, -0.15) is 5.10 Å². The van der Waals surface area contributed by atoms with E-state index in [1.807, 2.05) is 30.3 Å². The maximum absolute atomic E-state index is 12.7. The number of benzene rings is 3. The quantitative estimate of drug-likeness (QED) is 0.352. The summed E-state index contributed by atoms with van der Waals surface area (Å²) in [6, 6.07) is 21.5. The van der Waals surface area contributed by atoms with Gasteiger partial charge in [-0.1, -0.05) is 41.4 Å². The molecule has 0 atom stereocenters. The molecule has 0 radical (unpaired) electrons. The highest BCUT2D eigenvalue weighted by Crippen LogP contribution is 2.26. The third kappa shape index (κ3) is 4.90. The second kappa shape index (κ2) is 9.25. The number of aromatic nitrogens is 2. The van der Waals surface area contributed by atoms with Crippen LogP contribution in [0.3, 0.4) is 0 Å². The Morgan fingerprint density at radius 2 is 1.77 bits per heavy atom. The molecule has 1 heterocycles. The molecule has 0 saturated carbocycles. The Hall–Kier alpha value is -3.28. The lowest BCUT2D eigenvalue weighted by Crippen LogP contribution is -2.12. The van der Waals surface area contributed by atoms with Crippen molar-refractivity contribution in [1.82, 2.24) is 9.78 Å². The van der Waals surface area contributed by atoms with E-state index in [1.165, 1.54) is 4.68 Å². The van der Waals surface area contributed by atoms with Crippen molar-refractivity contribution in [2.75, 3.05) is 7.11 Å². The molecule has 0 aliphatic carbocycles. The Balaban J connectivity index is 1.49. The lowest BCUT2D eigenvalue weighted by molar-refractivity contribution is 0.0945. The highest BCUT2D eigenvalue weighted by molar-refractivity contribution is 6.35. The molecule has 0 amide bonds. The van der Waals surface area contributed by atoms with Gasteiger partial charge in [-0.15, -0.1) is 0 Å². The van der Waals surface area contributed by atoms with Crippen LogP contribution in [0.25, 0.3) is 11.3 Å². The van der Waals surface area contributed by atoms with Gasteiger partial charge < -0.3 is 9.47 Å². The largest absolute Gasteiger partial charge is 0.497 e. The van der Waals surface area contributed by atoms with E-state index in [1.54, 1.807) is 55.8 Å². The smallest absolute Gasteiger partial charge is 0.278 e. The van der Waals surface area contributed by atoms with Crippen LogP contribution in [0.2, 0.25) is 10.0 Å². The van der Waals surface area contributed by atoms with Crippen molar-refractivity contribution >= 4 is 29.1 Å². The molecule has 156 valence electrons. The molecule has 4 rings (SSSR count). The normalized spacial score (nSPS) is 10.7. The van der Waals surface area contributed by atoms with Gasteiger partial charge in [-0.05, 0) is 54.6 Å². The van der Waals surface area contributed by atoms with Gasteiger partial charge in [0.15, 0.2) is 0 Å². The highest BCUT2D eigenvalue weighted by Gasteiger charge is 2.12. The number of ether oxygens (including phenoxy) is 2. The van der Waals surface area contributed by atoms with Gasteiger partial charge in [-0.3, -0.25) is 4.79 Å². The molecule has 0 bridgehead atoms. The van der Waals surface area contributed by atoms with Crippen LogP contribution in [-0.2, 0) is 6.61 Å². The summed E-state index contributed by atoms with van der Waals surface area (Å²) in [4.78, 5) is 12.7. The molecule has 3 aromatic carbocycles. The first kappa shape index (κ1) is 21.0. The maximum Gasteiger partial charge on any atom is 0.278 e. The number of rotatable bonds is 6. The number of carbonyl (C=O) groups is 1. The predicted molar refractivity (Wildman–Crippen MR) is 121 cm³/mol. The lowest BCUT2D eigenvalue weighted by Gasteiger charge is -2.09. The fourth-order valence-electron chi connectivity index (χ4n) is 3.00. The second-order valence-corrected chi connectivity index (χ2v) is 7.58. The first-order valence-electron chi connectivity index (χ1n) is 9.45. The standard InChI is InChI=1S/C24H18Cl2N2O3/c1-30-20-9-6-16(7-10-20)24(29)28-12-11-23(27-28)17-3-2-4-21(13-17)31-15-18-5-8-19(25)14-22(18)26/h2-14H,15H2,1H3. The van der Waals surface area contributed by atoms with Crippen LogP contribution in [0.1, 0.15) is 15.9 Å². The van der Waals surface area contributed by atoms with Crippen molar-refractivity contribution in [3.05, 3.63) is 100 Å². The number of hydrogen-bond donors (Lipinski definition) is 0. The number of halogens is 2. The number of methoxy groups -OCH3 is 1. The minimum absolute atomic E-state index is 0.223. The molecule has 0 spiro atoms. The van der Waals surface area contributed by atoms with E-state index in [-0.39, 0.29) is 5.91 Å². The van der Waals surface area contributed by atoms with Gasteiger partial charge in [0.2, 0.25) is 0 Å². The molecule has 7 heteroatoms. The summed E-state index contributed by atoms with van der Waals surface area (Å²) in [5.41, 5.74) is 2.86. The van der Waals surface area contributed by atoms with Gasteiger partial charge in [0.05, 0.1) is 12.8 Å². The molecule has 0 saturated heterocycles. The summed E-state index contributed by atoms with van der Waals surface area (Å²) < 4.78 is 12.3. The van der Waals surface area contributed by atoms with Crippen molar-refractivity contribution in [3.63, 3.8) is 0 Å². The zero-order chi connectivity index (χ0) is 21.8. The molecule has 31 heavy (non-hydrogen) atoms. The average molecular weight is 453 g/mol. The van der Waals surface area contributed by atoms with E-state index < -0.39 is 0 Å². The molecular formula is C24H18Cl2N2O3. The molecular weight excluding hydrogens is 435 g/mol. The molecule has 0 aliphatic heterocycles. The Labute approximate surface area is 189 Å². The van der Waals surface area contributed by atoms with Crippen LogP contribution in [0.4, 0.5) is 0 Å². The van der Waals surface area contributed by atoms with Crippen molar-refractivity contribution in [2.24, 2.45) is 0 Å². The number of nitrogens with zero attached hydrogens (tertiary/aromatic N) is 2. The summed E-state index contributed by atoms with van der Waals surface area (Å²) in [7, 11) is 1.58. The van der Waals surface area contributed by atoms with Crippen LogP contribution >= 0.6 is 23.2 Å². The SMILES string of the molecule is COc1ccc(C(=O)n2ccc(-c3cccc(OCc4ccc(Cl)cc4Cl)c3)n2)cc1. The molecule has 5 nitrogen and oxygen atoms in total. The first-order valence-corrected chi connectivity index (χ1v) is 10.2. The zero-order valence-electron chi connectivity index (χ0n) is 16.6. The minimum Gasteiger partial charge on any atom is -0.497 e. The molecule has 0 unspecified atom stereocenters. The third-order valence-corrected chi connectivity index (χ3v) is 5.26. The summed E-state index contributed by atoms with van der Waals surface area (Å²) in [6.07, 6.45) is 1.64. The zero-order valence-corrected chi connectivity index (χ0v) is 18.1. The Bertz CT molecular complexity index is 1220. The monoisotopic (exact) mass is 452 g/mol. The fourth-order valence-corrected chi connectivity index (χ4v) is 3.46. The summed E-state index contributed by atoms with van der Waals surface area (Å²) in [5.74, 6) is 1.13. The topological polar surface area (TPSA) is 53.4 Å². The second-order valence-electron chi connectivity index (χ2n) is 6.73. The Morgan fingerprint density at radius 1 is 0.968 bits per heavy atom.